The highest BCUT2D eigenvalue weighted by atomic mass is 32.2. The van der Waals surface area contributed by atoms with Crippen LogP contribution in [0.4, 0.5) is 0 Å². The van der Waals surface area contributed by atoms with Crippen LogP contribution in [-0.2, 0) is 30.8 Å². The number of sulfonamides is 1. The van der Waals surface area contributed by atoms with E-state index in [4.69, 9.17) is 4.74 Å². The Morgan fingerprint density at radius 2 is 2.00 bits per heavy atom. The number of amides is 1. The summed E-state index contributed by atoms with van der Waals surface area (Å²) in [5.74, 6) is -1.03. The summed E-state index contributed by atoms with van der Waals surface area (Å²) < 4.78 is 29.6. The summed E-state index contributed by atoms with van der Waals surface area (Å²) in [6, 6.07) is 7.10. The molecule has 0 spiro atoms. The molecule has 0 aromatic heterocycles. The number of carbonyl (C=O) groups excluding carboxylic acids is 2. The third kappa shape index (κ3) is 4.24. The topological polar surface area (TPSA) is 92.8 Å². The molecule has 0 bridgehead atoms. The van der Waals surface area contributed by atoms with Crippen molar-refractivity contribution in [2.24, 2.45) is 0 Å². The minimum Gasteiger partial charge on any atom is -0.454 e. The van der Waals surface area contributed by atoms with Crippen molar-refractivity contribution in [3.63, 3.8) is 0 Å². The highest BCUT2D eigenvalue weighted by Crippen LogP contribution is 2.29. The van der Waals surface area contributed by atoms with Crippen LogP contribution in [-0.4, -0.2) is 50.0 Å². The zero-order chi connectivity index (χ0) is 18.7. The van der Waals surface area contributed by atoms with Crippen molar-refractivity contribution in [2.45, 2.75) is 44.2 Å². The van der Waals surface area contributed by atoms with Gasteiger partial charge in [0.1, 0.15) is 6.04 Å². The van der Waals surface area contributed by atoms with Crippen LogP contribution in [0.1, 0.15) is 42.9 Å². The monoisotopic (exact) mass is 380 g/mol. The number of hydrogen-bond donors (Lipinski definition) is 1. The number of nitrogens with zero attached hydrogens (tertiary/aromatic N) is 1. The fourth-order valence-corrected chi connectivity index (χ4v) is 4.86. The molecule has 1 saturated heterocycles. The van der Waals surface area contributed by atoms with Crippen molar-refractivity contribution in [3.05, 3.63) is 35.4 Å². The van der Waals surface area contributed by atoms with Gasteiger partial charge in [-0.2, -0.15) is 4.31 Å². The first-order valence-electron chi connectivity index (χ1n) is 8.87. The highest BCUT2D eigenvalue weighted by molar-refractivity contribution is 7.88. The Kier molecular flexibility index (Phi) is 5.62. The van der Waals surface area contributed by atoms with Crippen molar-refractivity contribution >= 4 is 21.9 Å². The molecule has 1 heterocycles. The summed E-state index contributed by atoms with van der Waals surface area (Å²) in [5, 5.41) is 2.91. The lowest BCUT2D eigenvalue weighted by Gasteiger charge is -2.26. The maximum atomic E-state index is 12.2. The molecule has 0 saturated carbocycles. The van der Waals surface area contributed by atoms with E-state index < -0.39 is 28.6 Å². The van der Waals surface area contributed by atoms with Gasteiger partial charge in [0, 0.05) is 6.54 Å². The molecular formula is C18H24N2O5S. The van der Waals surface area contributed by atoms with Gasteiger partial charge < -0.3 is 10.1 Å². The second kappa shape index (κ2) is 7.75. The lowest BCUT2D eigenvalue weighted by atomic mass is 9.88. The molecule has 8 heteroatoms. The van der Waals surface area contributed by atoms with Crippen molar-refractivity contribution in [1.29, 1.82) is 0 Å². The number of nitrogens with one attached hydrogen (secondary N) is 1. The first kappa shape index (κ1) is 18.8. The van der Waals surface area contributed by atoms with E-state index >= 15 is 0 Å². The van der Waals surface area contributed by atoms with Gasteiger partial charge in [0.05, 0.1) is 12.3 Å². The molecule has 1 aliphatic carbocycles. The summed E-state index contributed by atoms with van der Waals surface area (Å²) in [6.07, 6.45) is 4.95. The van der Waals surface area contributed by atoms with Crippen molar-refractivity contribution in [3.8, 4) is 0 Å². The Hall–Kier alpha value is -1.93. The quantitative estimate of drug-likeness (QED) is 0.774. The Balaban J connectivity index is 1.54. The van der Waals surface area contributed by atoms with Gasteiger partial charge in [-0.25, -0.2) is 8.42 Å². The molecule has 7 nitrogen and oxygen atoms in total. The Morgan fingerprint density at radius 1 is 1.23 bits per heavy atom. The second-order valence-electron chi connectivity index (χ2n) is 6.85. The average molecular weight is 380 g/mol. The summed E-state index contributed by atoms with van der Waals surface area (Å²) in [5.41, 5.74) is 2.34. The molecule has 1 amide bonds. The van der Waals surface area contributed by atoms with Gasteiger partial charge >= 0.3 is 5.97 Å². The van der Waals surface area contributed by atoms with Gasteiger partial charge in [0.15, 0.2) is 6.61 Å². The van der Waals surface area contributed by atoms with E-state index in [9.17, 15) is 18.0 Å². The van der Waals surface area contributed by atoms with Crippen molar-refractivity contribution < 1.29 is 22.7 Å². The predicted molar refractivity (Wildman–Crippen MR) is 95.8 cm³/mol. The van der Waals surface area contributed by atoms with Crippen LogP contribution in [0, 0.1) is 0 Å². The molecule has 0 radical (unpaired) electrons. The third-order valence-electron chi connectivity index (χ3n) is 4.95. The van der Waals surface area contributed by atoms with Gasteiger partial charge in [-0.1, -0.05) is 24.3 Å². The number of ether oxygens (including phenoxy) is 1. The molecule has 2 aliphatic rings. The molecule has 1 N–H and O–H groups in total. The molecular weight excluding hydrogens is 356 g/mol. The third-order valence-corrected chi connectivity index (χ3v) is 6.24. The lowest BCUT2D eigenvalue weighted by molar-refractivity contribution is -0.151. The van der Waals surface area contributed by atoms with Gasteiger partial charge in [-0.3, -0.25) is 9.59 Å². The normalized spacial score (nSPS) is 23.3. The molecule has 26 heavy (non-hydrogen) atoms. The van der Waals surface area contributed by atoms with E-state index in [-0.39, 0.29) is 11.9 Å². The molecule has 142 valence electrons. The van der Waals surface area contributed by atoms with E-state index in [1.165, 1.54) is 5.56 Å². The number of carbonyl (C=O) groups is 2. The molecule has 1 aromatic carbocycles. The van der Waals surface area contributed by atoms with Gasteiger partial charge in [-0.05, 0) is 43.2 Å². The Morgan fingerprint density at radius 3 is 2.77 bits per heavy atom. The van der Waals surface area contributed by atoms with Crippen LogP contribution in [0.3, 0.4) is 0 Å². The molecule has 1 aliphatic heterocycles. The molecule has 3 rings (SSSR count). The van der Waals surface area contributed by atoms with Gasteiger partial charge in [-0.15, -0.1) is 0 Å². The Bertz CT molecular complexity index is 793. The standard InChI is InChI=1S/C18H24N2O5S/c1-26(23,24)20-11-5-10-16(20)18(22)25-12-17(21)19-15-9-4-7-13-6-2-3-8-14(13)15/h2-3,6,8,15-16H,4-5,7,9-12H2,1H3,(H,19,21)/t15?,16-/m0/s1. The van der Waals surface area contributed by atoms with Gasteiger partial charge in [0.25, 0.3) is 5.91 Å². The number of esters is 1. The van der Waals surface area contributed by atoms with E-state index in [1.807, 2.05) is 18.2 Å². The molecule has 2 atom stereocenters. The first-order chi connectivity index (χ1) is 12.4. The zero-order valence-corrected chi connectivity index (χ0v) is 15.6. The molecule has 1 aromatic rings. The fraction of sp³-hybridized carbons (Fsp3) is 0.556. The fourth-order valence-electron chi connectivity index (χ4n) is 3.75. The second-order valence-corrected chi connectivity index (χ2v) is 8.79. The number of hydrogen-bond acceptors (Lipinski definition) is 5. The van der Waals surface area contributed by atoms with Gasteiger partial charge in [0.2, 0.25) is 10.0 Å². The predicted octanol–water partition coefficient (Wildman–Crippen LogP) is 1.15. The van der Waals surface area contributed by atoms with Crippen LogP contribution in [0.25, 0.3) is 0 Å². The van der Waals surface area contributed by atoms with Crippen molar-refractivity contribution in [2.75, 3.05) is 19.4 Å². The molecule has 1 unspecified atom stereocenters. The maximum absolute atomic E-state index is 12.2. The van der Waals surface area contributed by atoms with Crippen LogP contribution >= 0.6 is 0 Å². The summed E-state index contributed by atoms with van der Waals surface area (Å²) in [7, 11) is -3.46. The number of rotatable bonds is 5. The summed E-state index contributed by atoms with van der Waals surface area (Å²) in [4.78, 5) is 24.4. The van der Waals surface area contributed by atoms with E-state index in [2.05, 4.69) is 11.4 Å². The van der Waals surface area contributed by atoms with Crippen LogP contribution in [0.2, 0.25) is 0 Å². The smallest absolute Gasteiger partial charge is 0.324 e. The SMILES string of the molecule is CS(=O)(=O)N1CCC[C@H]1C(=O)OCC(=O)NC1CCCc2ccccc21. The maximum Gasteiger partial charge on any atom is 0.324 e. The molecule has 1 fully saturated rings. The first-order valence-corrected chi connectivity index (χ1v) is 10.7. The lowest BCUT2D eigenvalue weighted by Crippen LogP contribution is -2.42. The average Bonchev–Trinajstić information content (AvgIpc) is 3.10. The minimum absolute atomic E-state index is 0.0786. The zero-order valence-electron chi connectivity index (χ0n) is 14.8. The highest BCUT2D eigenvalue weighted by Gasteiger charge is 2.37. The van der Waals surface area contributed by atoms with E-state index in [0.717, 1.165) is 35.4 Å². The van der Waals surface area contributed by atoms with Crippen LogP contribution in [0.15, 0.2) is 24.3 Å². The number of benzene rings is 1. The van der Waals surface area contributed by atoms with E-state index in [0.29, 0.717) is 19.4 Å². The summed E-state index contributed by atoms with van der Waals surface area (Å²) >= 11 is 0. The largest absolute Gasteiger partial charge is 0.454 e. The van der Waals surface area contributed by atoms with Crippen LogP contribution in [0.5, 0.6) is 0 Å². The number of fused-ring (bicyclic) bond motifs is 1. The minimum atomic E-state index is -3.46. The summed E-state index contributed by atoms with van der Waals surface area (Å²) in [6.45, 7) is -0.0880. The Labute approximate surface area is 153 Å². The van der Waals surface area contributed by atoms with Crippen molar-refractivity contribution in [1.82, 2.24) is 9.62 Å². The number of aryl methyl sites for hydroxylation is 1. The van der Waals surface area contributed by atoms with E-state index in [1.54, 1.807) is 0 Å². The van der Waals surface area contributed by atoms with Crippen LogP contribution < -0.4 is 5.32 Å².